The zero-order valence-corrected chi connectivity index (χ0v) is 19.4. The number of hydrogen-bond acceptors (Lipinski definition) is 7. The second-order valence-electron chi connectivity index (χ2n) is 8.37. The van der Waals surface area contributed by atoms with Crippen molar-refractivity contribution in [1.82, 2.24) is 0 Å². The van der Waals surface area contributed by atoms with Crippen LogP contribution in [-0.4, -0.2) is 27.8 Å². The van der Waals surface area contributed by atoms with Crippen LogP contribution >= 0.6 is 0 Å². The Bertz CT molecular complexity index is 1400. The predicted molar refractivity (Wildman–Crippen MR) is 131 cm³/mol. The van der Waals surface area contributed by atoms with E-state index in [2.05, 4.69) is 0 Å². The van der Waals surface area contributed by atoms with E-state index in [9.17, 15) is 24.8 Å². The molecule has 0 aromatic heterocycles. The van der Waals surface area contributed by atoms with Gasteiger partial charge in [-0.1, -0.05) is 12.1 Å². The SMILES string of the molecule is CC(C)Oc1ccc(C2/C(=C(/O)c3ccc([N+](=O)[O-])cc3)C(=O)C(=O)N2c2ccc(C#N)cc2)cc1. The fourth-order valence-electron chi connectivity index (χ4n) is 4.01. The van der Waals surface area contributed by atoms with Gasteiger partial charge in [0.1, 0.15) is 11.5 Å². The highest BCUT2D eigenvalue weighted by Crippen LogP contribution is 2.42. The number of nitriles is 1. The number of amides is 1. The van der Waals surface area contributed by atoms with Crippen molar-refractivity contribution < 1.29 is 24.4 Å². The Balaban J connectivity index is 1.87. The second-order valence-corrected chi connectivity index (χ2v) is 8.37. The Morgan fingerprint density at radius 1 is 1.03 bits per heavy atom. The van der Waals surface area contributed by atoms with Crippen molar-refractivity contribution in [2.24, 2.45) is 0 Å². The number of carbonyl (C=O) groups excluding carboxylic acids is 2. The summed E-state index contributed by atoms with van der Waals surface area (Å²) >= 11 is 0. The molecule has 1 atom stereocenters. The Morgan fingerprint density at radius 3 is 2.17 bits per heavy atom. The molecule has 1 amide bonds. The van der Waals surface area contributed by atoms with Crippen molar-refractivity contribution in [3.63, 3.8) is 0 Å². The van der Waals surface area contributed by atoms with Crippen LogP contribution in [0.1, 0.15) is 36.6 Å². The third-order valence-corrected chi connectivity index (χ3v) is 5.64. The normalized spacial score (nSPS) is 16.7. The van der Waals surface area contributed by atoms with E-state index in [1.165, 1.54) is 41.3 Å². The van der Waals surface area contributed by atoms with Crippen LogP contribution < -0.4 is 9.64 Å². The van der Waals surface area contributed by atoms with Crippen LogP contribution in [0.25, 0.3) is 5.76 Å². The first-order valence-electron chi connectivity index (χ1n) is 11.0. The van der Waals surface area contributed by atoms with E-state index in [0.29, 0.717) is 22.6 Å². The molecule has 1 heterocycles. The molecule has 9 nitrogen and oxygen atoms in total. The number of anilines is 1. The van der Waals surface area contributed by atoms with E-state index in [-0.39, 0.29) is 22.9 Å². The molecule has 4 rings (SSSR count). The van der Waals surface area contributed by atoms with E-state index in [1.807, 2.05) is 19.9 Å². The van der Waals surface area contributed by atoms with Crippen LogP contribution in [0, 0.1) is 21.4 Å². The molecule has 1 unspecified atom stereocenters. The van der Waals surface area contributed by atoms with Crippen molar-refractivity contribution in [1.29, 1.82) is 5.26 Å². The first-order chi connectivity index (χ1) is 17.2. The van der Waals surface area contributed by atoms with Gasteiger partial charge in [-0.3, -0.25) is 24.6 Å². The molecule has 1 N–H and O–H groups in total. The maximum Gasteiger partial charge on any atom is 0.300 e. The van der Waals surface area contributed by atoms with Crippen LogP contribution in [0.4, 0.5) is 11.4 Å². The maximum absolute atomic E-state index is 13.2. The number of nitro benzene ring substituents is 1. The summed E-state index contributed by atoms with van der Waals surface area (Å²) in [5.74, 6) is -1.61. The van der Waals surface area contributed by atoms with Crippen molar-refractivity contribution in [3.05, 3.63) is 105 Å². The molecule has 36 heavy (non-hydrogen) atoms. The number of non-ortho nitro benzene ring substituents is 1. The fourth-order valence-corrected chi connectivity index (χ4v) is 4.01. The fraction of sp³-hybridized carbons (Fsp3) is 0.148. The zero-order valence-electron chi connectivity index (χ0n) is 19.4. The third-order valence-electron chi connectivity index (χ3n) is 5.64. The summed E-state index contributed by atoms with van der Waals surface area (Å²) in [7, 11) is 0. The monoisotopic (exact) mass is 483 g/mol. The molecule has 3 aromatic carbocycles. The van der Waals surface area contributed by atoms with Crippen LogP contribution in [0.3, 0.4) is 0 Å². The Kier molecular flexibility index (Phi) is 6.52. The van der Waals surface area contributed by atoms with Gasteiger partial charge in [0, 0.05) is 23.4 Å². The Labute approximate surface area is 206 Å². The van der Waals surface area contributed by atoms with Gasteiger partial charge in [0.2, 0.25) is 0 Å². The van der Waals surface area contributed by atoms with Crippen LogP contribution in [0.15, 0.2) is 78.4 Å². The highest BCUT2D eigenvalue weighted by molar-refractivity contribution is 6.51. The lowest BCUT2D eigenvalue weighted by atomic mass is 9.95. The van der Waals surface area contributed by atoms with Gasteiger partial charge in [0.05, 0.1) is 34.3 Å². The molecule has 1 aliphatic rings. The number of hydrogen-bond donors (Lipinski definition) is 1. The Morgan fingerprint density at radius 2 is 1.64 bits per heavy atom. The van der Waals surface area contributed by atoms with Gasteiger partial charge in [0.25, 0.3) is 17.4 Å². The zero-order chi connectivity index (χ0) is 26.0. The van der Waals surface area contributed by atoms with E-state index < -0.39 is 28.4 Å². The van der Waals surface area contributed by atoms with E-state index in [1.54, 1.807) is 36.4 Å². The molecule has 1 aliphatic heterocycles. The smallest absolute Gasteiger partial charge is 0.300 e. The summed E-state index contributed by atoms with van der Waals surface area (Å²) in [6.45, 7) is 3.77. The highest BCUT2D eigenvalue weighted by Gasteiger charge is 2.47. The van der Waals surface area contributed by atoms with Crippen molar-refractivity contribution in [2.45, 2.75) is 26.0 Å². The lowest BCUT2D eigenvalue weighted by molar-refractivity contribution is -0.384. The maximum atomic E-state index is 13.2. The topological polar surface area (TPSA) is 134 Å². The highest BCUT2D eigenvalue weighted by atomic mass is 16.6. The molecule has 1 fully saturated rings. The van der Waals surface area contributed by atoms with Crippen LogP contribution in [-0.2, 0) is 9.59 Å². The third kappa shape index (κ3) is 4.52. The van der Waals surface area contributed by atoms with Gasteiger partial charge in [-0.05, 0) is 67.9 Å². The first kappa shape index (κ1) is 24.2. The summed E-state index contributed by atoms with van der Waals surface area (Å²) in [6.07, 6.45) is -0.0535. The van der Waals surface area contributed by atoms with E-state index >= 15 is 0 Å². The summed E-state index contributed by atoms with van der Waals surface area (Å²) in [5, 5.41) is 31.3. The number of Topliss-reactive ketones (excluding diaryl/α,β-unsaturated/α-hetero) is 1. The molecule has 0 aliphatic carbocycles. The molecule has 0 radical (unpaired) electrons. The summed E-state index contributed by atoms with van der Waals surface area (Å²) < 4.78 is 5.69. The molecule has 9 heteroatoms. The minimum Gasteiger partial charge on any atom is -0.507 e. The number of aliphatic hydroxyl groups is 1. The molecular formula is C27H21N3O6. The molecule has 1 saturated heterocycles. The molecule has 0 bridgehead atoms. The lowest BCUT2D eigenvalue weighted by Gasteiger charge is -2.25. The number of aliphatic hydroxyl groups excluding tert-OH is 1. The van der Waals surface area contributed by atoms with Crippen molar-refractivity contribution >= 4 is 28.8 Å². The van der Waals surface area contributed by atoms with Gasteiger partial charge in [-0.15, -0.1) is 0 Å². The average Bonchev–Trinajstić information content (AvgIpc) is 3.14. The largest absolute Gasteiger partial charge is 0.507 e. The number of nitrogens with zero attached hydrogens (tertiary/aromatic N) is 3. The van der Waals surface area contributed by atoms with Crippen molar-refractivity contribution in [2.75, 3.05) is 4.90 Å². The second kappa shape index (κ2) is 9.72. The van der Waals surface area contributed by atoms with E-state index in [0.717, 1.165) is 0 Å². The minimum absolute atomic E-state index is 0.0535. The summed E-state index contributed by atoms with van der Waals surface area (Å²) in [5.41, 5.74) is 1.11. The van der Waals surface area contributed by atoms with Gasteiger partial charge < -0.3 is 9.84 Å². The predicted octanol–water partition coefficient (Wildman–Crippen LogP) is 4.88. The van der Waals surface area contributed by atoms with Crippen molar-refractivity contribution in [3.8, 4) is 11.8 Å². The number of nitro groups is 1. The number of ether oxygens (including phenoxy) is 1. The summed E-state index contributed by atoms with van der Waals surface area (Å²) in [6, 6.07) is 19.1. The summed E-state index contributed by atoms with van der Waals surface area (Å²) in [4.78, 5) is 38.1. The molecule has 0 spiro atoms. The average molecular weight is 483 g/mol. The van der Waals surface area contributed by atoms with Gasteiger partial charge in [0.15, 0.2) is 0 Å². The molecule has 0 saturated carbocycles. The molecule has 180 valence electrons. The molecular weight excluding hydrogens is 462 g/mol. The standard InChI is InChI=1S/C27H21N3O6/c1-16(2)36-22-13-7-18(8-14-22)24-23(25(31)19-5-11-21(12-6-19)30(34)35)26(32)27(33)29(24)20-9-3-17(15-28)4-10-20/h3-14,16,24,31H,1-2H3/b25-23-. The van der Waals surface area contributed by atoms with Gasteiger partial charge in [-0.25, -0.2) is 0 Å². The number of ketones is 1. The van der Waals surface area contributed by atoms with E-state index in [4.69, 9.17) is 10.00 Å². The minimum atomic E-state index is -0.985. The molecule has 3 aromatic rings. The quantitative estimate of drug-likeness (QED) is 0.174. The van der Waals surface area contributed by atoms with Gasteiger partial charge >= 0.3 is 0 Å². The van der Waals surface area contributed by atoms with Crippen LogP contribution in [0.5, 0.6) is 5.75 Å². The number of carbonyl (C=O) groups is 2. The number of benzene rings is 3. The van der Waals surface area contributed by atoms with Crippen LogP contribution in [0.2, 0.25) is 0 Å². The first-order valence-corrected chi connectivity index (χ1v) is 11.0. The Hall–Kier alpha value is -4.97. The number of rotatable bonds is 6. The lowest BCUT2D eigenvalue weighted by Crippen LogP contribution is -2.29. The van der Waals surface area contributed by atoms with Gasteiger partial charge in [-0.2, -0.15) is 5.26 Å².